The van der Waals surface area contributed by atoms with E-state index in [1.165, 1.54) is 57.8 Å². The summed E-state index contributed by atoms with van der Waals surface area (Å²) >= 11 is 0.750. The molecule has 0 fully saturated rings. The monoisotopic (exact) mass is 511 g/mol. The van der Waals surface area contributed by atoms with Gasteiger partial charge >= 0.3 is 23.7 Å². The van der Waals surface area contributed by atoms with E-state index < -0.39 is 24.4 Å². The van der Waals surface area contributed by atoms with Crippen molar-refractivity contribution < 1.29 is 43.5 Å². The second kappa shape index (κ2) is 21.1. The van der Waals surface area contributed by atoms with Gasteiger partial charge in [-0.1, -0.05) is 90.9 Å². The van der Waals surface area contributed by atoms with E-state index in [-0.39, 0.29) is 5.78 Å². The first-order chi connectivity index (χ1) is 16.4. The van der Waals surface area contributed by atoms with Gasteiger partial charge in [-0.25, -0.2) is 0 Å². The maximum atomic E-state index is 12.8. The van der Waals surface area contributed by atoms with Gasteiger partial charge in [-0.15, -0.1) is 0 Å². The molecule has 192 valence electrons. The van der Waals surface area contributed by atoms with Gasteiger partial charge in [-0.3, -0.25) is 9.59 Å². The number of benzene rings is 1. The molecule has 7 heteroatoms. The van der Waals surface area contributed by atoms with Crippen molar-refractivity contribution in [1.29, 1.82) is 0 Å². The molecule has 6 nitrogen and oxygen atoms in total. The van der Waals surface area contributed by atoms with Crippen molar-refractivity contribution in [3.05, 3.63) is 29.8 Å². The third kappa shape index (κ3) is 14.9. The summed E-state index contributed by atoms with van der Waals surface area (Å²) in [6.45, 7) is 3.91. The molecule has 0 aliphatic rings. The van der Waals surface area contributed by atoms with Crippen LogP contribution in [0.2, 0.25) is 0 Å². The third-order valence-corrected chi connectivity index (χ3v) is 6.13. The number of hydrogen-bond donors (Lipinski definition) is 3. The van der Waals surface area contributed by atoms with Gasteiger partial charge < -0.3 is 15.9 Å². The average Bonchev–Trinajstić information content (AvgIpc) is 2.84. The Balaban J connectivity index is 0.00000529. The fourth-order valence-corrected chi connectivity index (χ4v) is 4.07. The molecule has 2 atom stereocenters. The van der Waals surface area contributed by atoms with E-state index >= 15 is 0 Å². The molecule has 4 N–H and O–H groups in total. The Morgan fingerprint density at radius 2 is 1.21 bits per heavy atom. The minimum absolute atomic E-state index is 0.309. The van der Waals surface area contributed by atoms with E-state index in [1.807, 2.05) is 0 Å². The zero-order valence-corrected chi connectivity index (χ0v) is 22.7. The number of nitrogen functional groups attached to an aromatic ring is 1. The Bertz CT molecular complexity index is 665. The number of anilines is 1. The molecule has 0 aliphatic carbocycles. The standard InChI is InChI=1S/C27H45NO4.O.Ti/c1-21(2)14-12-10-8-6-4-3-5-7-9-11-13-15-24(27(32)25(30)20-29)26(31)22-16-18-23(28)19-17-22;;/h16-19,21,24-25,29-30H,3-15,20,28H2,1-2H3;;. The van der Waals surface area contributed by atoms with Crippen LogP contribution in [0.5, 0.6) is 0 Å². The number of aliphatic hydroxyl groups excluding tert-OH is 2. The molecule has 0 amide bonds. The molecular formula is C27H45NO5Ti. The van der Waals surface area contributed by atoms with Gasteiger partial charge in [-0.05, 0) is 36.6 Å². The molecular weight excluding hydrogens is 466 g/mol. The number of Topliss-reactive ketones (excluding diaryl/α,β-unsaturated/α-hetero) is 2. The van der Waals surface area contributed by atoms with E-state index in [0.29, 0.717) is 17.7 Å². The van der Waals surface area contributed by atoms with Crippen LogP contribution in [0.1, 0.15) is 108 Å². The van der Waals surface area contributed by atoms with Crippen LogP contribution in [0.15, 0.2) is 24.3 Å². The van der Waals surface area contributed by atoms with Gasteiger partial charge in [0.1, 0.15) is 6.10 Å². The SMILES string of the molecule is CC(C)CCCCCCCCCCCCCC(C(=O)c1ccc(N)cc1)C(=O)C(O)CO.[O]=[Ti]. The normalized spacial score (nSPS) is 12.6. The van der Waals surface area contributed by atoms with E-state index in [0.717, 1.165) is 45.6 Å². The van der Waals surface area contributed by atoms with Crippen molar-refractivity contribution in [2.45, 2.75) is 103 Å². The zero-order valence-electron chi connectivity index (χ0n) is 21.1. The molecule has 2 unspecified atom stereocenters. The fourth-order valence-electron chi connectivity index (χ4n) is 4.07. The van der Waals surface area contributed by atoms with Gasteiger partial charge in [0.15, 0.2) is 11.6 Å². The van der Waals surface area contributed by atoms with Gasteiger partial charge in [0.25, 0.3) is 0 Å². The molecule has 1 aromatic carbocycles. The molecule has 0 spiro atoms. The van der Waals surface area contributed by atoms with E-state index in [1.54, 1.807) is 24.3 Å². The van der Waals surface area contributed by atoms with Crippen molar-refractivity contribution in [2.24, 2.45) is 11.8 Å². The summed E-state index contributed by atoms with van der Waals surface area (Å²) in [4.78, 5) is 25.3. The van der Waals surface area contributed by atoms with Crippen LogP contribution < -0.4 is 5.73 Å². The summed E-state index contributed by atoms with van der Waals surface area (Å²) in [5.74, 6) is -1.01. The van der Waals surface area contributed by atoms with Crippen LogP contribution in [0, 0.1) is 11.8 Å². The van der Waals surface area contributed by atoms with Gasteiger partial charge in [0.2, 0.25) is 0 Å². The first-order valence-corrected chi connectivity index (χ1v) is 13.4. The number of nitrogens with two attached hydrogens (primary N) is 1. The van der Waals surface area contributed by atoms with Crippen LogP contribution in [0.4, 0.5) is 5.69 Å². The summed E-state index contributed by atoms with van der Waals surface area (Å²) in [7, 11) is 0. The van der Waals surface area contributed by atoms with Crippen molar-refractivity contribution in [3.8, 4) is 0 Å². The predicted octanol–water partition coefficient (Wildman–Crippen LogP) is 5.60. The summed E-state index contributed by atoms with van der Waals surface area (Å²) in [5.41, 5.74) is 6.63. The van der Waals surface area contributed by atoms with Crippen LogP contribution in [0.25, 0.3) is 0 Å². The molecule has 0 bridgehead atoms. The maximum absolute atomic E-state index is 12.8. The van der Waals surface area contributed by atoms with Crippen molar-refractivity contribution >= 4 is 17.3 Å². The van der Waals surface area contributed by atoms with Crippen molar-refractivity contribution in [2.75, 3.05) is 12.3 Å². The number of carbonyl (C=O) groups is 2. The number of hydrogen-bond acceptors (Lipinski definition) is 6. The second-order valence-corrected chi connectivity index (χ2v) is 9.50. The van der Waals surface area contributed by atoms with E-state index in [2.05, 4.69) is 13.8 Å². The van der Waals surface area contributed by atoms with Gasteiger partial charge in [0.05, 0.1) is 12.5 Å². The van der Waals surface area contributed by atoms with E-state index in [9.17, 15) is 14.7 Å². The average molecular weight is 512 g/mol. The van der Waals surface area contributed by atoms with Crippen LogP contribution in [-0.4, -0.2) is 34.5 Å². The summed E-state index contributed by atoms with van der Waals surface area (Å²) < 4.78 is 8.25. The summed E-state index contributed by atoms with van der Waals surface area (Å²) in [6, 6.07) is 6.47. The van der Waals surface area contributed by atoms with E-state index in [4.69, 9.17) is 14.2 Å². The molecule has 0 heterocycles. The quantitative estimate of drug-likeness (QED) is 0.0732. The molecule has 0 aromatic heterocycles. The molecule has 0 aliphatic heterocycles. The molecule has 1 rings (SSSR count). The van der Waals surface area contributed by atoms with Gasteiger partial charge in [-0.2, -0.15) is 0 Å². The minimum atomic E-state index is -1.51. The summed E-state index contributed by atoms with van der Waals surface area (Å²) in [5, 5.41) is 18.9. The topological polar surface area (TPSA) is 118 Å². The Morgan fingerprint density at radius 3 is 1.62 bits per heavy atom. The second-order valence-electron chi connectivity index (χ2n) is 9.50. The predicted molar refractivity (Wildman–Crippen MR) is 132 cm³/mol. The summed E-state index contributed by atoms with van der Waals surface area (Å²) in [6.07, 6.45) is 13.5. The molecule has 0 radical (unpaired) electrons. The number of aliphatic hydroxyl groups is 2. The molecule has 1 aromatic rings. The molecule has 0 saturated heterocycles. The first kappa shape index (κ1) is 32.8. The Hall–Kier alpha value is -1.21. The molecule has 34 heavy (non-hydrogen) atoms. The van der Waals surface area contributed by atoms with Crippen LogP contribution in [-0.2, 0) is 28.5 Å². The van der Waals surface area contributed by atoms with Gasteiger partial charge in [0, 0.05) is 11.3 Å². The molecule has 0 saturated carbocycles. The van der Waals surface area contributed by atoms with Crippen molar-refractivity contribution in [1.82, 2.24) is 0 Å². The third-order valence-electron chi connectivity index (χ3n) is 6.13. The fraction of sp³-hybridized carbons (Fsp3) is 0.704. The van der Waals surface area contributed by atoms with Crippen LogP contribution >= 0.6 is 0 Å². The number of unbranched alkanes of at least 4 members (excludes halogenated alkanes) is 10. The number of rotatable bonds is 19. The number of ketones is 2. The van der Waals surface area contributed by atoms with Crippen molar-refractivity contribution in [3.63, 3.8) is 0 Å². The Kier molecular flexibility index (Phi) is 20.4. The van der Waals surface area contributed by atoms with Crippen LogP contribution in [0.3, 0.4) is 0 Å². The first-order valence-electron chi connectivity index (χ1n) is 12.8. The Labute approximate surface area is 217 Å². The Morgan fingerprint density at radius 1 is 0.794 bits per heavy atom. The number of carbonyl (C=O) groups excluding carboxylic acids is 2. The zero-order chi connectivity index (χ0) is 25.8.